The summed E-state index contributed by atoms with van der Waals surface area (Å²) >= 11 is 1.13. The highest BCUT2D eigenvalue weighted by atomic mass is 32.2. The molecule has 0 bridgehead atoms. The lowest BCUT2D eigenvalue weighted by Gasteiger charge is -2.10. The van der Waals surface area contributed by atoms with Crippen molar-refractivity contribution in [1.29, 1.82) is 10.5 Å². The number of nitro groups is 1. The maximum atomic E-state index is 12.5. The number of sulfonamides is 1. The zero-order valence-electron chi connectivity index (χ0n) is 15.9. The number of aromatic nitrogens is 2. The van der Waals surface area contributed by atoms with E-state index in [9.17, 15) is 18.5 Å². The molecule has 2 N–H and O–H groups in total. The first-order valence-corrected chi connectivity index (χ1v) is 10.9. The van der Waals surface area contributed by atoms with Crippen LogP contribution in [0.1, 0.15) is 23.1 Å². The van der Waals surface area contributed by atoms with Gasteiger partial charge in [0.1, 0.15) is 22.8 Å². The fraction of sp³-hybridized carbons (Fsp3) is 0.111. The van der Waals surface area contributed by atoms with Gasteiger partial charge in [-0.2, -0.15) is 10.5 Å². The molecule has 0 aliphatic rings. The number of anilines is 3. The molecule has 2 aromatic carbocycles. The van der Waals surface area contributed by atoms with Crippen LogP contribution in [0.5, 0.6) is 0 Å². The summed E-state index contributed by atoms with van der Waals surface area (Å²) in [4.78, 5) is 10.6. The summed E-state index contributed by atoms with van der Waals surface area (Å²) in [6.45, 7) is 1.88. The molecular weight excluding hydrogens is 442 g/mol. The van der Waals surface area contributed by atoms with Crippen molar-refractivity contribution < 1.29 is 13.3 Å². The van der Waals surface area contributed by atoms with E-state index >= 15 is 0 Å². The fourth-order valence-corrected chi connectivity index (χ4v) is 4.42. The Kier molecular flexibility index (Phi) is 6.10. The Morgan fingerprint density at radius 3 is 2.32 bits per heavy atom. The molecule has 0 spiro atoms. The van der Waals surface area contributed by atoms with Crippen molar-refractivity contribution in [3.05, 3.63) is 62.6 Å². The molecule has 0 amide bonds. The Morgan fingerprint density at radius 1 is 1.13 bits per heavy atom. The molecule has 13 heteroatoms. The summed E-state index contributed by atoms with van der Waals surface area (Å²) in [6.07, 6.45) is 0.634. The largest absolute Gasteiger partial charge is 0.350 e. The standard InChI is InChI=1S/C18H13N7O4S2/c1-2-17-22-23-18(30-17)24-31(28,29)14-5-3-13(4-6-14)21-15-7-11(9-19)12(10-20)8-16(15)25(26)27/h3-8,21H,2H2,1H3,(H,23,24). The summed E-state index contributed by atoms with van der Waals surface area (Å²) in [5.74, 6) is 0. The van der Waals surface area contributed by atoms with E-state index in [1.165, 1.54) is 30.3 Å². The second kappa shape index (κ2) is 8.74. The van der Waals surface area contributed by atoms with Crippen molar-refractivity contribution in [2.75, 3.05) is 10.0 Å². The van der Waals surface area contributed by atoms with E-state index in [0.29, 0.717) is 17.1 Å². The van der Waals surface area contributed by atoms with Crippen molar-refractivity contribution in [2.24, 2.45) is 0 Å². The Hall–Kier alpha value is -4.07. The van der Waals surface area contributed by atoms with E-state index < -0.39 is 20.6 Å². The van der Waals surface area contributed by atoms with Gasteiger partial charge in [0, 0.05) is 11.8 Å². The van der Waals surface area contributed by atoms with Gasteiger partial charge in [-0.05, 0) is 36.8 Å². The number of nitrogens with zero attached hydrogens (tertiary/aromatic N) is 5. The predicted molar refractivity (Wildman–Crippen MR) is 112 cm³/mol. The van der Waals surface area contributed by atoms with E-state index in [4.69, 9.17) is 10.5 Å². The first-order chi connectivity index (χ1) is 14.8. The van der Waals surface area contributed by atoms with Crippen LogP contribution in [0.4, 0.5) is 22.2 Å². The topological polar surface area (TPSA) is 175 Å². The SMILES string of the molecule is CCc1nnc(NS(=O)(=O)c2ccc(Nc3cc(C#N)c(C#N)cc3[N+](=O)[O-])cc2)s1. The monoisotopic (exact) mass is 455 g/mol. The van der Waals surface area contributed by atoms with Gasteiger partial charge in [-0.15, -0.1) is 10.2 Å². The minimum absolute atomic E-state index is 0.00441. The smallest absolute Gasteiger partial charge is 0.294 e. The Bertz CT molecular complexity index is 1340. The number of nitriles is 2. The second-order valence-corrected chi connectivity index (χ2v) is 8.75. The summed E-state index contributed by atoms with van der Waals surface area (Å²) in [5.41, 5.74) is -0.190. The van der Waals surface area contributed by atoms with Crippen molar-refractivity contribution in [3.63, 3.8) is 0 Å². The van der Waals surface area contributed by atoms with Gasteiger partial charge >= 0.3 is 0 Å². The van der Waals surface area contributed by atoms with Gasteiger partial charge in [0.25, 0.3) is 15.7 Å². The molecule has 11 nitrogen and oxygen atoms in total. The molecule has 0 unspecified atom stereocenters. The summed E-state index contributed by atoms with van der Waals surface area (Å²) in [5, 5.41) is 40.8. The maximum absolute atomic E-state index is 12.5. The van der Waals surface area contributed by atoms with Gasteiger partial charge in [0.05, 0.1) is 20.9 Å². The molecular formula is C18H13N7O4S2. The van der Waals surface area contributed by atoms with Crippen LogP contribution >= 0.6 is 11.3 Å². The van der Waals surface area contributed by atoms with Gasteiger partial charge in [0.15, 0.2) is 0 Å². The van der Waals surface area contributed by atoms with E-state index in [-0.39, 0.29) is 26.8 Å². The molecule has 3 aromatic rings. The van der Waals surface area contributed by atoms with Crippen LogP contribution in [0, 0.1) is 32.8 Å². The zero-order valence-corrected chi connectivity index (χ0v) is 17.5. The van der Waals surface area contributed by atoms with Gasteiger partial charge < -0.3 is 5.32 Å². The zero-order chi connectivity index (χ0) is 22.6. The first-order valence-electron chi connectivity index (χ1n) is 8.62. The molecule has 0 atom stereocenters. The van der Waals surface area contributed by atoms with Crippen molar-refractivity contribution >= 4 is 43.6 Å². The first kappa shape index (κ1) is 21.6. The molecule has 0 aliphatic heterocycles. The maximum Gasteiger partial charge on any atom is 0.294 e. The number of benzene rings is 2. The van der Waals surface area contributed by atoms with E-state index in [1.54, 1.807) is 6.07 Å². The van der Waals surface area contributed by atoms with E-state index in [0.717, 1.165) is 17.4 Å². The number of rotatable bonds is 7. The molecule has 0 fully saturated rings. The third-order valence-corrected chi connectivity index (χ3v) is 6.48. The molecule has 1 aromatic heterocycles. The normalized spacial score (nSPS) is 10.7. The Labute approximate surface area is 180 Å². The molecule has 156 valence electrons. The number of nitro benzene ring substituents is 1. The van der Waals surface area contributed by atoms with Gasteiger partial charge in [-0.3, -0.25) is 14.8 Å². The average Bonchev–Trinajstić information content (AvgIpc) is 3.20. The van der Waals surface area contributed by atoms with Crippen LogP contribution in [0.2, 0.25) is 0 Å². The lowest BCUT2D eigenvalue weighted by molar-refractivity contribution is -0.383. The highest BCUT2D eigenvalue weighted by molar-refractivity contribution is 7.93. The second-order valence-electron chi connectivity index (χ2n) is 6.01. The van der Waals surface area contributed by atoms with E-state index in [2.05, 4.69) is 20.2 Å². The highest BCUT2D eigenvalue weighted by Gasteiger charge is 2.20. The summed E-state index contributed by atoms with van der Waals surface area (Å²) in [6, 6.07) is 11.2. The molecule has 1 heterocycles. The van der Waals surface area contributed by atoms with Crippen LogP contribution < -0.4 is 10.0 Å². The third-order valence-electron chi connectivity index (χ3n) is 4.01. The van der Waals surface area contributed by atoms with Crippen LogP contribution in [0.15, 0.2) is 41.3 Å². The van der Waals surface area contributed by atoms with Crippen LogP contribution in [-0.4, -0.2) is 23.5 Å². The molecule has 31 heavy (non-hydrogen) atoms. The minimum Gasteiger partial charge on any atom is -0.350 e. The predicted octanol–water partition coefficient (Wildman–Crippen LogP) is 3.30. The highest BCUT2D eigenvalue weighted by Crippen LogP contribution is 2.31. The van der Waals surface area contributed by atoms with Gasteiger partial charge in [-0.1, -0.05) is 18.3 Å². The lowest BCUT2D eigenvalue weighted by atomic mass is 10.1. The molecule has 0 saturated carbocycles. The number of nitrogens with one attached hydrogen (secondary N) is 2. The third kappa shape index (κ3) is 4.75. The van der Waals surface area contributed by atoms with Crippen LogP contribution in [0.3, 0.4) is 0 Å². The summed E-state index contributed by atoms with van der Waals surface area (Å²) < 4.78 is 27.4. The van der Waals surface area contributed by atoms with Crippen molar-refractivity contribution in [1.82, 2.24) is 10.2 Å². The quantitative estimate of drug-likeness (QED) is 0.400. The minimum atomic E-state index is -3.90. The van der Waals surface area contributed by atoms with Crippen molar-refractivity contribution in [2.45, 2.75) is 18.2 Å². The molecule has 0 radical (unpaired) electrons. The molecule has 0 saturated heterocycles. The van der Waals surface area contributed by atoms with E-state index in [1.807, 2.05) is 13.0 Å². The Balaban J connectivity index is 1.86. The number of hydrogen-bond donors (Lipinski definition) is 2. The van der Waals surface area contributed by atoms with Crippen LogP contribution in [-0.2, 0) is 16.4 Å². The molecule has 0 aliphatic carbocycles. The lowest BCUT2D eigenvalue weighted by Crippen LogP contribution is -2.12. The summed E-state index contributed by atoms with van der Waals surface area (Å²) in [7, 11) is -3.90. The average molecular weight is 455 g/mol. The fourth-order valence-electron chi connectivity index (χ4n) is 2.51. The van der Waals surface area contributed by atoms with Crippen molar-refractivity contribution in [3.8, 4) is 12.1 Å². The Morgan fingerprint density at radius 2 is 1.77 bits per heavy atom. The van der Waals surface area contributed by atoms with Crippen LogP contribution in [0.25, 0.3) is 0 Å². The molecule has 3 rings (SSSR count). The number of hydrogen-bond acceptors (Lipinski definition) is 10. The van der Waals surface area contributed by atoms with Gasteiger partial charge in [0.2, 0.25) is 5.13 Å². The number of aryl methyl sites for hydroxylation is 1. The van der Waals surface area contributed by atoms with Gasteiger partial charge in [-0.25, -0.2) is 8.42 Å².